The van der Waals surface area contributed by atoms with Crippen molar-refractivity contribution in [2.45, 2.75) is 32.7 Å². The molecule has 0 bridgehead atoms. The molecule has 1 N–H and O–H groups in total. The number of hydrogen-bond donors (Lipinski definition) is 1. The Morgan fingerprint density at radius 1 is 1.39 bits per heavy atom. The minimum absolute atomic E-state index is 0.477. The number of aryl methyl sites for hydroxylation is 2. The molecule has 0 aromatic carbocycles. The van der Waals surface area contributed by atoms with Crippen LogP contribution in [0.1, 0.15) is 21.8 Å². The smallest absolute Gasteiger partial charge is 0.0628 e. The van der Waals surface area contributed by atoms with E-state index in [2.05, 4.69) is 41.8 Å². The molecular formula is C14H21N3S. The molecule has 2 aromatic rings. The number of rotatable bonds is 5. The second-order valence-corrected chi connectivity index (χ2v) is 5.78. The van der Waals surface area contributed by atoms with E-state index in [1.165, 1.54) is 16.1 Å². The SMILES string of the molecule is CNC(Cc1cccs1)Cc1c(C)nn(C)c1C. The van der Waals surface area contributed by atoms with E-state index in [1.54, 1.807) is 0 Å². The third-order valence-electron chi connectivity index (χ3n) is 3.55. The summed E-state index contributed by atoms with van der Waals surface area (Å²) in [6, 6.07) is 4.80. The number of thiophene rings is 1. The molecule has 0 aliphatic carbocycles. The van der Waals surface area contributed by atoms with E-state index in [4.69, 9.17) is 0 Å². The summed E-state index contributed by atoms with van der Waals surface area (Å²) in [4.78, 5) is 1.44. The molecule has 4 heteroatoms. The molecule has 1 unspecified atom stereocenters. The highest BCUT2D eigenvalue weighted by atomic mass is 32.1. The summed E-state index contributed by atoms with van der Waals surface area (Å²) >= 11 is 1.83. The summed E-state index contributed by atoms with van der Waals surface area (Å²) in [5, 5.41) is 10.1. The molecule has 18 heavy (non-hydrogen) atoms. The van der Waals surface area contributed by atoms with E-state index in [0.717, 1.165) is 18.5 Å². The van der Waals surface area contributed by atoms with Gasteiger partial charge < -0.3 is 5.32 Å². The Kier molecular flexibility index (Phi) is 4.19. The van der Waals surface area contributed by atoms with Crippen LogP contribution in [-0.2, 0) is 19.9 Å². The summed E-state index contributed by atoms with van der Waals surface area (Å²) < 4.78 is 1.97. The first-order valence-electron chi connectivity index (χ1n) is 6.30. The van der Waals surface area contributed by atoms with Crippen LogP contribution in [0, 0.1) is 13.8 Å². The van der Waals surface area contributed by atoms with Crippen molar-refractivity contribution in [1.82, 2.24) is 15.1 Å². The summed E-state index contributed by atoms with van der Waals surface area (Å²) in [6.45, 7) is 4.24. The van der Waals surface area contributed by atoms with Crippen molar-refractivity contribution in [3.63, 3.8) is 0 Å². The normalized spacial score (nSPS) is 12.9. The number of hydrogen-bond acceptors (Lipinski definition) is 3. The lowest BCUT2D eigenvalue weighted by Crippen LogP contribution is -2.30. The molecule has 0 aliphatic heterocycles. The van der Waals surface area contributed by atoms with Crippen LogP contribution in [0.5, 0.6) is 0 Å². The zero-order valence-electron chi connectivity index (χ0n) is 11.5. The summed E-state index contributed by atoms with van der Waals surface area (Å²) in [7, 11) is 4.05. The van der Waals surface area contributed by atoms with Crippen LogP contribution in [-0.4, -0.2) is 22.9 Å². The minimum atomic E-state index is 0.477. The second kappa shape index (κ2) is 5.67. The summed E-state index contributed by atoms with van der Waals surface area (Å²) in [6.07, 6.45) is 2.13. The molecule has 0 aliphatic rings. The molecule has 2 heterocycles. The number of nitrogens with one attached hydrogen (secondary N) is 1. The van der Waals surface area contributed by atoms with Gasteiger partial charge in [0.15, 0.2) is 0 Å². The van der Waals surface area contributed by atoms with E-state index >= 15 is 0 Å². The molecule has 0 spiro atoms. The monoisotopic (exact) mass is 263 g/mol. The van der Waals surface area contributed by atoms with E-state index < -0.39 is 0 Å². The van der Waals surface area contributed by atoms with Gasteiger partial charge in [-0.1, -0.05) is 6.07 Å². The number of aromatic nitrogens is 2. The van der Waals surface area contributed by atoms with Crippen LogP contribution >= 0.6 is 11.3 Å². The fourth-order valence-electron chi connectivity index (χ4n) is 2.31. The molecule has 0 saturated carbocycles. The quantitative estimate of drug-likeness (QED) is 0.898. The van der Waals surface area contributed by atoms with Gasteiger partial charge >= 0.3 is 0 Å². The van der Waals surface area contributed by atoms with E-state index in [-0.39, 0.29) is 0 Å². The lowest BCUT2D eigenvalue weighted by Gasteiger charge is -2.15. The fraction of sp³-hybridized carbons (Fsp3) is 0.500. The van der Waals surface area contributed by atoms with Gasteiger partial charge in [0.05, 0.1) is 5.69 Å². The Labute approximate surface area is 113 Å². The van der Waals surface area contributed by atoms with Gasteiger partial charge in [0.1, 0.15) is 0 Å². The first kappa shape index (κ1) is 13.3. The second-order valence-electron chi connectivity index (χ2n) is 4.75. The van der Waals surface area contributed by atoms with Crippen molar-refractivity contribution < 1.29 is 0 Å². The van der Waals surface area contributed by atoms with E-state index in [9.17, 15) is 0 Å². The molecular weight excluding hydrogens is 242 g/mol. The maximum atomic E-state index is 4.49. The van der Waals surface area contributed by atoms with Crippen molar-refractivity contribution in [1.29, 1.82) is 0 Å². The average Bonchev–Trinajstić information content (AvgIpc) is 2.92. The lowest BCUT2D eigenvalue weighted by molar-refractivity contribution is 0.557. The zero-order chi connectivity index (χ0) is 13.1. The maximum absolute atomic E-state index is 4.49. The average molecular weight is 263 g/mol. The van der Waals surface area contributed by atoms with Gasteiger partial charge in [-0.2, -0.15) is 5.10 Å². The first-order chi connectivity index (χ1) is 8.61. The number of likely N-dealkylation sites (N-methyl/N-ethyl adjacent to an activating group) is 1. The zero-order valence-corrected chi connectivity index (χ0v) is 12.3. The highest BCUT2D eigenvalue weighted by Gasteiger charge is 2.15. The Morgan fingerprint density at radius 2 is 2.17 bits per heavy atom. The molecule has 1 atom stereocenters. The van der Waals surface area contributed by atoms with Crippen molar-refractivity contribution in [3.05, 3.63) is 39.3 Å². The van der Waals surface area contributed by atoms with Crippen molar-refractivity contribution in [3.8, 4) is 0 Å². The minimum Gasteiger partial charge on any atom is -0.316 e. The van der Waals surface area contributed by atoms with Gasteiger partial charge in [-0.25, -0.2) is 0 Å². The molecule has 0 fully saturated rings. The molecule has 2 rings (SSSR count). The van der Waals surface area contributed by atoms with Gasteiger partial charge in [0.2, 0.25) is 0 Å². The Morgan fingerprint density at radius 3 is 2.67 bits per heavy atom. The van der Waals surface area contributed by atoms with Crippen molar-refractivity contribution in [2.75, 3.05) is 7.05 Å². The van der Waals surface area contributed by atoms with Gasteiger partial charge in [-0.05, 0) is 50.7 Å². The molecule has 3 nitrogen and oxygen atoms in total. The fourth-order valence-corrected chi connectivity index (χ4v) is 3.09. The van der Waals surface area contributed by atoms with Crippen molar-refractivity contribution >= 4 is 11.3 Å². The van der Waals surface area contributed by atoms with Crippen LogP contribution in [0.4, 0.5) is 0 Å². The topological polar surface area (TPSA) is 29.9 Å². The third kappa shape index (κ3) is 2.82. The highest BCUT2D eigenvalue weighted by molar-refractivity contribution is 7.09. The number of nitrogens with zero attached hydrogens (tertiary/aromatic N) is 2. The molecule has 98 valence electrons. The maximum Gasteiger partial charge on any atom is 0.0628 e. The van der Waals surface area contributed by atoms with E-state index in [0.29, 0.717) is 6.04 Å². The predicted molar refractivity (Wildman–Crippen MR) is 77.3 cm³/mol. The Bertz CT molecular complexity index is 499. The molecule has 0 amide bonds. The van der Waals surface area contributed by atoms with Gasteiger partial charge in [0.25, 0.3) is 0 Å². The predicted octanol–water partition coefficient (Wildman–Crippen LogP) is 2.47. The van der Waals surface area contributed by atoms with Crippen LogP contribution < -0.4 is 5.32 Å². The third-order valence-corrected chi connectivity index (χ3v) is 4.44. The highest BCUT2D eigenvalue weighted by Crippen LogP contribution is 2.17. The molecule has 0 saturated heterocycles. The van der Waals surface area contributed by atoms with Crippen LogP contribution in [0.3, 0.4) is 0 Å². The van der Waals surface area contributed by atoms with Crippen LogP contribution in [0.2, 0.25) is 0 Å². The molecule has 0 radical (unpaired) electrons. The largest absolute Gasteiger partial charge is 0.316 e. The standard InChI is InChI=1S/C14H21N3S/c1-10-14(11(2)17(4)16-10)9-12(15-3)8-13-6-5-7-18-13/h5-7,12,15H,8-9H2,1-4H3. The lowest BCUT2D eigenvalue weighted by atomic mass is 10.0. The summed E-state index contributed by atoms with van der Waals surface area (Å²) in [5.41, 5.74) is 3.81. The van der Waals surface area contributed by atoms with Crippen LogP contribution in [0.25, 0.3) is 0 Å². The van der Waals surface area contributed by atoms with Gasteiger partial charge in [0, 0.05) is 23.7 Å². The Hall–Kier alpha value is -1.13. The molecule has 2 aromatic heterocycles. The first-order valence-corrected chi connectivity index (χ1v) is 7.18. The van der Waals surface area contributed by atoms with Crippen molar-refractivity contribution in [2.24, 2.45) is 7.05 Å². The summed E-state index contributed by atoms with van der Waals surface area (Å²) in [5.74, 6) is 0. The Balaban J connectivity index is 2.10. The van der Waals surface area contributed by atoms with Gasteiger partial charge in [-0.15, -0.1) is 11.3 Å². The van der Waals surface area contributed by atoms with E-state index in [1.807, 2.05) is 30.1 Å². The van der Waals surface area contributed by atoms with Crippen LogP contribution in [0.15, 0.2) is 17.5 Å². The van der Waals surface area contributed by atoms with Gasteiger partial charge in [-0.3, -0.25) is 4.68 Å².